The van der Waals surface area contributed by atoms with Gasteiger partial charge in [0.2, 0.25) is 0 Å². The van der Waals surface area contributed by atoms with Crippen LogP contribution in [0.1, 0.15) is 50.6 Å². The van der Waals surface area contributed by atoms with Gasteiger partial charge in [-0.1, -0.05) is 5.21 Å². The second-order valence-corrected chi connectivity index (χ2v) is 6.87. The van der Waals surface area contributed by atoms with Crippen molar-refractivity contribution in [1.29, 1.82) is 0 Å². The zero-order valence-electron chi connectivity index (χ0n) is 15.6. The van der Waals surface area contributed by atoms with Crippen molar-refractivity contribution in [1.82, 2.24) is 19.9 Å². The molecule has 1 amide bonds. The largest absolute Gasteiger partial charge is 0.467 e. The smallest absolute Gasteiger partial charge is 0.411 e. The van der Waals surface area contributed by atoms with Gasteiger partial charge < -0.3 is 14.2 Å². The van der Waals surface area contributed by atoms with E-state index in [1.807, 2.05) is 0 Å². The Bertz CT molecular complexity index is 681. The molecule has 0 bridgehead atoms. The Morgan fingerprint density at radius 1 is 1.31 bits per heavy atom. The first-order valence-corrected chi connectivity index (χ1v) is 8.32. The predicted molar refractivity (Wildman–Crippen MR) is 88.4 cm³/mol. The van der Waals surface area contributed by atoms with Crippen LogP contribution < -0.4 is 0 Å². The Balaban J connectivity index is 2.18. The average molecular weight is 368 g/mol. The first-order chi connectivity index (χ1) is 12.2. The lowest BCUT2D eigenvalue weighted by atomic mass is 10.2. The highest BCUT2D eigenvalue weighted by atomic mass is 16.6. The van der Waals surface area contributed by atoms with E-state index in [1.54, 1.807) is 27.7 Å². The molecular weight excluding hydrogens is 344 g/mol. The Hall–Kier alpha value is -2.65. The molecule has 1 aromatic rings. The van der Waals surface area contributed by atoms with Crippen LogP contribution in [-0.2, 0) is 19.0 Å². The van der Waals surface area contributed by atoms with Crippen LogP contribution in [0.5, 0.6) is 0 Å². The van der Waals surface area contributed by atoms with Crippen molar-refractivity contribution < 1.29 is 28.6 Å². The average Bonchev–Trinajstić information content (AvgIpc) is 3.19. The zero-order chi connectivity index (χ0) is 19.5. The molecule has 1 aromatic heterocycles. The van der Waals surface area contributed by atoms with Crippen LogP contribution in [-0.4, -0.2) is 69.8 Å². The van der Waals surface area contributed by atoms with Crippen LogP contribution in [0.15, 0.2) is 6.20 Å². The van der Waals surface area contributed by atoms with Gasteiger partial charge in [0.15, 0.2) is 5.69 Å². The normalized spacial score (nSPS) is 20.0. The number of nitrogens with zero attached hydrogens (tertiary/aromatic N) is 4. The maximum Gasteiger partial charge on any atom is 0.411 e. The summed E-state index contributed by atoms with van der Waals surface area (Å²) >= 11 is 0. The maximum absolute atomic E-state index is 12.4. The molecule has 10 heteroatoms. The molecular formula is C16H24N4O6. The molecule has 2 heterocycles. The fraction of sp³-hybridized carbons (Fsp3) is 0.688. The molecule has 1 saturated heterocycles. The van der Waals surface area contributed by atoms with Crippen LogP contribution in [0.2, 0.25) is 0 Å². The van der Waals surface area contributed by atoms with Crippen LogP contribution in [0.3, 0.4) is 0 Å². The van der Waals surface area contributed by atoms with Gasteiger partial charge in [-0.3, -0.25) is 4.90 Å². The summed E-state index contributed by atoms with van der Waals surface area (Å²) in [6.07, 6.45) is 1.11. The number of hydrogen-bond donors (Lipinski definition) is 0. The molecule has 1 aliphatic heterocycles. The first-order valence-electron chi connectivity index (χ1n) is 8.32. The van der Waals surface area contributed by atoms with Crippen molar-refractivity contribution in [3.63, 3.8) is 0 Å². The Kier molecular flexibility index (Phi) is 5.83. The monoisotopic (exact) mass is 368 g/mol. The lowest BCUT2D eigenvalue weighted by molar-refractivity contribution is -0.145. The third-order valence-electron chi connectivity index (χ3n) is 3.75. The van der Waals surface area contributed by atoms with E-state index in [0.717, 1.165) is 0 Å². The predicted octanol–water partition coefficient (Wildman–Crippen LogP) is 1.18. The van der Waals surface area contributed by atoms with Crippen molar-refractivity contribution in [2.24, 2.45) is 0 Å². The molecule has 0 saturated carbocycles. The van der Waals surface area contributed by atoms with E-state index in [1.165, 1.54) is 22.9 Å². The van der Waals surface area contributed by atoms with E-state index in [2.05, 4.69) is 10.3 Å². The van der Waals surface area contributed by atoms with Crippen LogP contribution in [0.25, 0.3) is 0 Å². The Morgan fingerprint density at radius 3 is 2.58 bits per heavy atom. The quantitative estimate of drug-likeness (QED) is 0.575. The molecule has 0 N–H and O–H groups in total. The highest BCUT2D eigenvalue weighted by Crippen LogP contribution is 2.29. The van der Waals surface area contributed by atoms with Gasteiger partial charge in [-0.2, -0.15) is 0 Å². The van der Waals surface area contributed by atoms with Crippen molar-refractivity contribution in [2.75, 3.05) is 20.3 Å². The van der Waals surface area contributed by atoms with Crippen molar-refractivity contribution in [2.45, 2.75) is 51.8 Å². The number of carbonyl (C=O) groups excluding carboxylic acids is 3. The van der Waals surface area contributed by atoms with Crippen molar-refractivity contribution >= 4 is 18.0 Å². The lowest BCUT2D eigenvalue weighted by Gasteiger charge is -2.27. The molecule has 2 unspecified atom stereocenters. The van der Waals surface area contributed by atoms with E-state index in [0.29, 0.717) is 0 Å². The van der Waals surface area contributed by atoms with Gasteiger partial charge in [0.1, 0.15) is 11.6 Å². The summed E-state index contributed by atoms with van der Waals surface area (Å²) in [5.41, 5.74) is -0.627. The lowest BCUT2D eigenvalue weighted by Crippen LogP contribution is -2.43. The zero-order valence-corrected chi connectivity index (χ0v) is 15.6. The van der Waals surface area contributed by atoms with Crippen LogP contribution >= 0.6 is 0 Å². The van der Waals surface area contributed by atoms with Gasteiger partial charge in [-0.05, 0) is 27.7 Å². The minimum atomic E-state index is -0.796. The summed E-state index contributed by atoms with van der Waals surface area (Å²) < 4.78 is 16.5. The molecule has 2 atom stereocenters. The van der Waals surface area contributed by atoms with Crippen molar-refractivity contribution in [3.8, 4) is 0 Å². The number of aromatic nitrogens is 3. The molecule has 0 radical (unpaired) electrons. The van der Waals surface area contributed by atoms with Gasteiger partial charge in [-0.15, -0.1) is 5.10 Å². The van der Waals surface area contributed by atoms with Crippen LogP contribution in [0, 0.1) is 0 Å². The third-order valence-corrected chi connectivity index (χ3v) is 3.75. The second-order valence-electron chi connectivity index (χ2n) is 6.87. The molecule has 1 aliphatic rings. The molecule has 0 spiro atoms. The molecule has 10 nitrogen and oxygen atoms in total. The number of hydrogen-bond acceptors (Lipinski definition) is 8. The minimum absolute atomic E-state index is 0.0668. The SMILES string of the molecule is CCOC(=O)c1cn(C2CC(C(=O)OC)N(C(=O)OC(C)(C)C)C2)nn1. The van der Waals surface area contributed by atoms with Gasteiger partial charge in [-0.25, -0.2) is 19.1 Å². The molecule has 2 rings (SSSR count). The number of carbonyl (C=O) groups is 3. The van der Waals surface area contributed by atoms with E-state index in [9.17, 15) is 14.4 Å². The van der Waals surface area contributed by atoms with Gasteiger partial charge in [0, 0.05) is 13.0 Å². The highest BCUT2D eigenvalue weighted by molar-refractivity contribution is 5.86. The number of methoxy groups -OCH3 is 1. The Morgan fingerprint density at radius 2 is 2.00 bits per heavy atom. The fourth-order valence-corrected chi connectivity index (χ4v) is 2.64. The van der Waals surface area contributed by atoms with Crippen LogP contribution in [0.4, 0.5) is 4.79 Å². The molecule has 144 valence electrons. The first kappa shape index (κ1) is 19.7. The third kappa shape index (κ3) is 4.50. The number of amides is 1. The maximum atomic E-state index is 12.4. The van der Waals surface area contributed by atoms with E-state index in [4.69, 9.17) is 14.2 Å². The van der Waals surface area contributed by atoms with Gasteiger partial charge in [0.05, 0.1) is 26.0 Å². The van der Waals surface area contributed by atoms with Gasteiger partial charge in [0.25, 0.3) is 0 Å². The number of esters is 2. The molecule has 0 aromatic carbocycles. The summed E-state index contributed by atoms with van der Waals surface area (Å²) in [4.78, 5) is 37.6. The number of rotatable bonds is 4. The summed E-state index contributed by atoms with van der Waals surface area (Å²) in [5, 5.41) is 7.71. The van der Waals surface area contributed by atoms with Crippen molar-refractivity contribution in [3.05, 3.63) is 11.9 Å². The summed E-state index contributed by atoms with van der Waals surface area (Å²) in [6.45, 7) is 7.34. The summed E-state index contributed by atoms with van der Waals surface area (Å²) in [5.74, 6) is -1.12. The highest BCUT2D eigenvalue weighted by Gasteiger charge is 2.43. The minimum Gasteiger partial charge on any atom is -0.467 e. The number of ether oxygens (including phenoxy) is 3. The van der Waals surface area contributed by atoms with Gasteiger partial charge >= 0.3 is 18.0 Å². The molecule has 26 heavy (non-hydrogen) atoms. The Labute approximate surface area is 151 Å². The summed E-state index contributed by atoms with van der Waals surface area (Å²) in [7, 11) is 1.26. The number of likely N-dealkylation sites (tertiary alicyclic amines) is 1. The fourth-order valence-electron chi connectivity index (χ4n) is 2.64. The van der Waals surface area contributed by atoms with E-state index in [-0.39, 0.29) is 31.3 Å². The second kappa shape index (κ2) is 7.71. The van der Waals surface area contributed by atoms with E-state index < -0.39 is 29.7 Å². The topological polar surface area (TPSA) is 113 Å². The standard InChI is InChI=1S/C16H24N4O6/c1-6-25-13(21)11-9-20(18-17-11)10-7-12(14(22)24-5)19(8-10)15(23)26-16(2,3)4/h9-10,12H,6-8H2,1-5H3. The summed E-state index contributed by atoms with van der Waals surface area (Å²) in [6, 6.07) is -1.14. The molecule has 0 aliphatic carbocycles. The molecule has 1 fully saturated rings. The van der Waals surface area contributed by atoms with E-state index >= 15 is 0 Å².